The van der Waals surface area contributed by atoms with E-state index in [0.717, 1.165) is 12.3 Å². The molecule has 0 aromatic heterocycles. The minimum Gasteiger partial charge on any atom is -0.326 e. The molecule has 2 atom stereocenters. The maximum absolute atomic E-state index is 6.37. The highest BCUT2D eigenvalue weighted by Crippen LogP contribution is 2.34. The number of benzene rings is 1. The second kappa shape index (κ2) is 5.85. The zero-order chi connectivity index (χ0) is 13.1. The summed E-state index contributed by atoms with van der Waals surface area (Å²) in [6.45, 7) is 5.56. The van der Waals surface area contributed by atoms with E-state index in [2.05, 4.69) is 50.1 Å². The second-order valence-corrected chi connectivity index (χ2v) is 5.76. The quantitative estimate of drug-likeness (QED) is 0.835. The molecular formula is C16H26N2. The van der Waals surface area contributed by atoms with Crippen LogP contribution in [-0.4, -0.2) is 24.5 Å². The molecule has 0 saturated heterocycles. The first-order chi connectivity index (χ1) is 8.63. The highest BCUT2D eigenvalue weighted by atomic mass is 15.2. The molecule has 0 heterocycles. The summed E-state index contributed by atoms with van der Waals surface area (Å²) in [5, 5.41) is 0. The Morgan fingerprint density at radius 1 is 1.33 bits per heavy atom. The lowest BCUT2D eigenvalue weighted by molar-refractivity contribution is 0.201. The van der Waals surface area contributed by atoms with E-state index in [0.29, 0.717) is 6.04 Å². The summed E-state index contributed by atoms with van der Waals surface area (Å²) in [5.41, 5.74) is 9.13. The third-order valence-electron chi connectivity index (χ3n) is 4.10. The zero-order valence-corrected chi connectivity index (χ0v) is 11.9. The summed E-state index contributed by atoms with van der Waals surface area (Å²) in [4.78, 5) is 2.47. The van der Waals surface area contributed by atoms with E-state index in [1.54, 1.807) is 0 Å². The molecule has 100 valence electrons. The predicted molar refractivity (Wildman–Crippen MR) is 77.5 cm³/mol. The van der Waals surface area contributed by atoms with Crippen molar-refractivity contribution in [2.75, 3.05) is 13.6 Å². The van der Waals surface area contributed by atoms with Crippen molar-refractivity contribution in [3.8, 4) is 0 Å². The summed E-state index contributed by atoms with van der Waals surface area (Å²) in [6, 6.07) is 9.23. The number of nitrogens with two attached hydrogens (primary N) is 1. The van der Waals surface area contributed by atoms with E-state index in [9.17, 15) is 0 Å². The van der Waals surface area contributed by atoms with Crippen LogP contribution in [-0.2, 0) is 0 Å². The van der Waals surface area contributed by atoms with Crippen LogP contribution in [0.5, 0.6) is 0 Å². The van der Waals surface area contributed by atoms with Gasteiger partial charge in [-0.1, -0.05) is 31.2 Å². The van der Waals surface area contributed by atoms with Gasteiger partial charge in [0.1, 0.15) is 0 Å². The van der Waals surface area contributed by atoms with Crippen LogP contribution in [0.1, 0.15) is 43.4 Å². The van der Waals surface area contributed by atoms with E-state index in [1.807, 2.05) is 0 Å². The topological polar surface area (TPSA) is 29.3 Å². The van der Waals surface area contributed by atoms with Crippen molar-refractivity contribution < 1.29 is 0 Å². The summed E-state index contributed by atoms with van der Waals surface area (Å²) < 4.78 is 0. The number of likely N-dealkylation sites (N-methyl/N-ethyl adjacent to an activating group) is 1. The van der Waals surface area contributed by atoms with Gasteiger partial charge in [-0.2, -0.15) is 0 Å². The average Bonchev–Trinajstić information content (AvgIpc) is 3.15. The van der Waals surface area contributed by atoms with Crippen molar-refractivity contribution >= 4 is 0 Å². The maximum atomic E-state index is 6.37. The molecule has 0 amide bonds. The molecule has 2 heteroatoms. The lowest BCUT2D eigenvalue weighted by Gasteiger charge is -2.34. The average molecular weight is 246 g/mol. The van der Waals surface area contributed by atoms with Crippen molar-refractivity contribution in [2.24, 2.45) is 11.7 Å². The largest absolute Gasteiger partial charge is 0.326 e. The van der Waals surface area contributed by atoms with Gasteiger partial charge in [-0.15, -0.1) is 0 Å². The fourth-order valence-corrected chi connectivity index (χ4v) is 2.76. The van der Waals surface area contributed by atoms with E-state index < -0.39 is 0 Å². The molecule has 0 bridgehead atoms. The number of nitrogens with zero attached hydrogens (tertiary/aromatic N) is 1. The zero-order valence-electron chi connectivity index (χ0n) is 11.9. The van der Waals surface area contributed by atoms with Crippen LogP contribution >= 0.6 is 0 Å². The Hall–Kier alpha value is -0.860. The van der Waals surface area contributed by atoms with E-state index in [4.69, 9.17) is 5.73 Å². The van der Waals surface area contributed by atoms with Gasteiger partial charge in [0, 0.05) is 18.6 Å². The second-order valence-electron chi connectivity index (χ2n) is 5.76. The van der Waals surface area contributed by atoms with Gasteiger partial charge < -0.3 is 5.73 Å². The number of aryl methyl sites for hydroxylation is 1. The summed E-state index contributed by atoms with van der Waals surface area (Å²) >= 11 is 0. The third-order valence-corrected chi connectivity index (χ3v) is 4.10. The van der Waals surface area contributed by atoms with Gasteiger partial charge in [0.05, 0.1) is 0 Å². The van der Waals surface area contributed by atoms with Crippen LogP contribution in [0.2, 0.25) is 0 Å². The Balaban J connectivity index is 2.20. The van der Waals surface area contributed by atoms with Crippen LogP contribution in [0, 0.1) is 12.8 Å². The summed E-state index contributed by atoms with van der Waals surface area (Å²) in [7, 11) is 2.23. The molecule has 2 rings (SSSR count). The van der Waals surface area contributed by atoms with Gasteiger partial charge in [0.25, 0.3) is 0 Å². The number of rotatable bonds is 6. The Morgan fingerprint density at radius 3 is 2.56 bits per heavy atom. The molecule has 0 spiro atoms. The van der Waals surface area contributed by atoms with Crippen LogP contribution in [0.15, 0.2) is 24.3 Å². The smallest absolute Gasteiger partial charge is 0.0498 e. The molecule has 1 aliphatic rings. The number of hydrogen-bond donors (Lipinski definition) is 1. The van der Waals surface area contributed by atoms with Gasteiger partial charge in [-0.3, -0.25) is 4.90 Å². The molecule has 18 heavy (non-hydrogen) atoms. The molecule has 2 nitrogen and oxygen atoms in total. The highest BCUT2D eigenvalue weighted by molar-refractivity contribution is 5.30. The molecule has 1 aliphatic carbocycles. The Morgan fingerprint density at radius 2 is 2.00 bits per heavy atom. The van der Waals surface area contributed by atoms with Gasteiger partial charge in [0.15, 0.2) is 0 Å². The van der Waals surface area contributed by atoms with Crippen molar-refractivity contribution in [1.29, 1.82) is 0 Å². The normalized spacial score (nSPS) is 18.9. The summed E-state index contributed by atoms with van der Waals surface area (Å²) in [6.07, 6.45) is 3.81. The Labute approximate surface area is 111 Å². The van der Waals surface area contributed by atoms with E-state index in [1.165, 1.54) is 30.5 Å². The highest BCUT2D eigenvalue weighted by Gasteiger charge is 2.29. The Kier molecular flexibility index (Phi) is 4.41. The molecule has 1 fully saturated rings. The van der Waals surface area contributed by atoms with E-state index >= 15 is 0 Å². The number of hydrogen-bond acceptors (Lipinski definition) is 2. The van der Waals surface area contributed by atoms with Gasteiger partial charge >= 0.3 is 0 Å². The van der Waals surface area contributed by atoms with Gasteiger partial charge in [-0.25, -0.2) is 0 Å². The molecule has 2 unspecified atom stereocenters. The first-order valence-electron chi connectivity index (χ1n) is 7.14. The molecule has 0 radical (unpaired) electrons. The molecule has 0 aliphatic heterocycles. The monoisotopic (exact) mass is 246 g/mol. The Bertz CT molecular complexity index is 384. The lowest BCUT2D eigenvalue weighted by atomic mass is 9.93. The predicted octanol–water partition coefficient (Wildman–Crippen LogP) is 3.12. The summed E-state index contributed by atoms with van der Waals surface area (Å²) in [5.74, 6) is 0.908. The van der Waals surface area contributed by atoms with Crippen molar-refractivity contribution in [3.63, 3.8) is 0 Å². The fourth-order valence-electron chi connectivity index (χ4n) is 2.76. The maximum Gasteiger partial charge on any atom is 0.0498 e. The molecule has 1 aromatic rings. The molecule has 2 N–H and O–H groups in total. The van der Waals surface area contributed by atoms with Crippen LogP contribution in [0.3, 0.4) is 0 Å². The fraction of sp³-hybridized carbons (Fsp3) is 0.625. The van der Waals surface area contributed by atoms with Gasteiger partial charge in [-0.05, 0) is 50.3 Å². The molecular weight excluding hydrogens is 220 g/mol. The van der Waals surface area contributed by atoms with Crippen LogP contribution in [0.4, 0.5) is 0 Å². The van der Waals surface area contributed by atoms with Crippen molar-refractivity contribution in [3.05, 3.63) is 35.4 Å². The first-order valence-corrected chi connectivity index (χ1v) is 7.14. The third kappa shape index (κ3) is 3.12. The van der Waals surface area contributed by atoms with Crippen molar-refractivity contribution in [2.45, 2.75) is 45.2 Å². The SMILES string of the molecule is CCC(N)C(c1ccccc1C)N(C)CC1CC1. The van der Waals surface area contributed by atoms with Crippen LogP contribution < -0.4 is 5.73 Å². The van der Waals surface area contributed by atoms with Gasteiger partial charge in [0.2, 0.25) is 0 Å². The standard InChI is InChI=1S/C16H26N2/c1-4-15(17)16(18(3)11-13-9-10-13)14-8-6-5-7-12(14)2/h5-8,13,15-16H,4,9-11,17H2,1-3H3. The first kappa shape index (κ1) is 13.6. The minimum absolute atomic E-state index is 0.217. The van der Waals surface area contributed by atoms with E-state index in [-0.39, 0.29) is 6.04 Å². The minimum atomic E-state index is 0.217. The van der Waals surface area contributed by atoms with Crippen molar-refractivity contribution in [1.82, 2.24) is 4.90 Å². The molecule has 1 aromatic carbocycles. The lowest BCUT2D eigenvalue weighted by Crippen LogP contribution is -2.40. The molecule has 1 saturated carbocycles. The van der Waals surface area contributed by atoms with Crippen LogP contribution in [0.25, 0.3) is 0 Å².